The number of hydrogen-bond acceptors (Lipinski definition) is 6. The minimum atomic E-state index is -4.17. The lowest BCUT2D eigenvalue weighted by atomic mass is 10.3. The number of H-pyrrole nitrogens is 2. The molecule has 1 aromatic heterocycles. The van der Waals surface area contributed by atoms with Gasteiger partial charge in [0, 0.05) is 12.2 Å². The van der Waals surface area contributed by atoms with Crippen molar-refractivity contribution in [3.63, 3.8) is 0 Å². The lowest BCUT2D eigenvalue weighted by Gasteiger charge is -2.10. The van der Waals surface area contributed by atoms with E-state index in [4.69, 9.17) is 0 Å². The summed E-state index contributed by atoms with van der Waals surface area (Å²) in [4.78, 5) is 25.3. The zero-order valence-corrected chi connectivity index (χ0v) is 11.2. The Labute approximate surface area is 108 Å². The molecule has 3 N–H and O–H groups in total. The van der Waals surface area contributed by atoms with Crippen LogP contribution in [0.15, 0.2) is 20.7 Å². The van der Waals surface area contributed by atoms with Gasteiger partial charge in [0.25, 0.3) is 5.56 Å². The van der Waals surface area contributed by atoms with E-state index in [1.165, 1.54) is 0 Å². The lowest BCUT2D eigenvalue weighted by molar-refractivity contribution is 0.560. The minimum Gasteiger partial charge on any atom is -0.313 e. The smallest absolute Gasteiger partial charge is 0.313 e. The molecule has 0 bridgehead atoms. The molecule has 9 nitrogen and oxygen atoms in total. The molecule has 0 radical (unpaired) electrons. The number of rotatable bonds is 3. The number of hydrogen-bond donors (Lipinski definition) is 3. The van der Waals surface area contributed by atoms with E-state index in [1.807, 2.05) is 4.98 Å². The van der Waals surface area contributed by atoms with Gasteiger partial charge in [-0.15, -0.1) is 0 Å². The number of aromatic nitrogens is 2. The van der Waals surface area contributed by atoms with Crippen molar-refractivity contribution in [2.75, 3.05) is 11.5 Å². The predicted octanol–water partition coefficient (Wildman–Crippen LogP) is -2.47. The van der Waals surface area contributed by atoms with Crippen LogP contribution in [0, 0.1) is 0 Å². The van der Waals surface area contributed by atoms with Gasteiger partial charge in [0.15, 0.2) is 14.7 Å². The summed E-state index contributed by atoms with van der Waals surface area (Å²) in [6.07, 6.45) is 0.926. The van der Waals surface area contributed by atoms with Crippen molar-refractivity contribution in [3.05, 3.63) is 27.0 Å². The van der Waals surface area contributed by atoms with Crippen LogP contribution in [-0.2, 0) is 19.9 Å². The van der Waals surface area contributed by atoms with Crippen LogP contribution in [0.4, 0.5) is 0 Å². The predicted molar refractivity (Wildman–Crippen MR) is 65.1 cm³/mol. The Morgan fingerprint density at radius 3 is 2.53 bits per heavy atom. The highest BCUT2D eigenvalue weighted by molar-refractivity contribution is 7.92. The standard InChI is InChI=1S/C8H11N3O6S2/c12-7-6(3-9-8(13)10-7)19(16,17)11-5-1-2-18(14,15)4-5/h3,5,11H,1-2,4H2,(H2,9,10,12,13). The van der Waals surface area contributed by atoms with Crippen molar-refractivity contribution in [1.82, 2.24) is 14.7 Å². The summed E-state index contributed by atoms with van der Waals surface area (Å²) in [6, 6.07) is -0.763. The molecule has 1 atom stereocenters. The second-order valence-corrected chi connectivity index (χ2v) is 8.07. The fourth-order valence-electron chi connectivity index (χ4n) is 1.77. The largest absolute Gasteiger partial charge is 0.325 e. The maximum Gasteiger partial charge on any atom is 0.325 e. The van der Waals surface area contributed by atoms with Crippen molar-refractivity contribution in [1.29, 1.82) is 0 Å². The van der Waals surface area contributed by atoms with Crippen LogP contribution >= 0.6 is 0 Å². The van der Waals surface area contributed by atoms with E-state index < -0.39 is 42.0 Å². The van der Waals surface area contributed by atoms with Crippen molar-refractivity contribution in [2.24, 2.45) is 0 Å². The average molecular weight is 309 g/mol. The number of aromatic amines is 2. The molecule has 1 aromatic rings. The molecule has 0 aromatic carbocycles. The summed E-state index contributed by atoms with van der Waals surface area (Å²) in [5.74, 6) is -0.393. The van der Waals surface area contributed by atoms with E-state index in [2.05, 4.69) is 4.72 Å². The molecule has 0 spiro atoms. The molecule has 1 unspecified atom stereocenters. The van der Waals surface area contributed by atoms with Crippen LogP contribution in [0.5, 0.6) is 0 Å². The summed E-state index contributed by atoms with van der Waals surface area (Å²) in [6.45, 7) is 0. The monoisotopic (exact) mass is 309 g/mol. The molecular formula is C8H11N3O6S2. The van der Waals surface area contributed by atoms with Crippen LogP contribution < -0.4 is 16.0 Å². The van der Waals surface area contributed by atoms with Gasteiger partial charge < -0.3 is 4.98 Å². The van der Waals surface area contributed by atoms with E-state index in [-0.39, 0.29) is 17.9 Å². The van der Waals surface area contributed by atoms with Gasteiger partial charge in [-0.25, -0.2) is 26.4 Å². The van der Waals surface area contributed by atoms with Gasteiger partial charge in [-0.05, 0) is 6.42 Å². The van der Waals surface area contributed by atoms with Gasteiger partial charge in [-0.2, -0.15) is 0 Å². The molecule has 1 saturated heterocycles. The minimum absolute atomic E-state index is 0.0951. The third-order valence-corrected chi connectivity index (χ3v) is 5.92. The Kier molecular flexibility index (Phi) is 3.36. The molecule has 106 valence electrons. The van der Waals surface area contributed by atoms with Crippen LogP contribution in [0.1, 0.15) is 6.42 Å². The normalized spacial score (nSPS) is 22.4. The van der Waals surface area contributed by atoms with Crippen LogP contribution in [0.25, 0.3) is 0 Å². The number of sulfone groups is 1. The Balaban J connectivity index is 2.29. The van der Waals surface area contributed by atoms with E-state index in [1.54, 1.807) is 4.98 Å². The Hall–Kier alpha value is -1.46. The molecule has 2 rings (SSSR count). The molecule has 1 aliphatic heterocycles. The summed E-state index contributed by atoms with van der Waals surface area (Å²) < 4.78 is 48.4. The van der Waals surface area contributed by atoms with Crippen molar-refractivity contribution >= 4 is 19.9 Å². The molecule has 19 heavy (non-hydrogen) atoms. The number of nitrogens with one attached hydrogen (secondary N) is 3. The van der Waals surface area contributed by atoms with E-state index in [0.717, 1.165) is 6.20 Å². The molecule has 0 saturated carbocycles. The Bertz CT molecular complexity index is 803. The molecular weight excluding hydrogens is 298 g/mol. The summed E-state index contributed by atoms with van der Waals surface area (Å²) in [5, 5.41) is 0. The van der Waals surface area contributed by atoms with Gasteiger partial charge in [-0.3, -0.25) is 9.78 Å². The highest BCUT2D eigenvalue weighted by Crippen LogP contribution is 2.13. The molecule has 0 aliphatic carbocycles. The fourth-order valence-corrected chi connectivity index (χ4v) is 4.82. The number of sulfonamides is 1. The Morgan fingerprint density at radius 2 is 2.00 bits per heavy atom. The third kappa shape index (κ3) is 3.11. The van der Waals surface area contributed by atoms with E-state index >= 15 is 0 Å². The van der Waals surface area contributed by atoms with Gasteiger partial charge in [0.2, 0.25) is 10.0 Å². The second kappa shape index (κ2) is 4.58. The quantitative estimate of drug-likeness (QED) is 0.564. The highest BCUT2D eigenvalue weighted by atomic mass is 32.2. The fraction of sp³-hybridized carbons (Fsp3) is 0.500. The first-order chi connectivity index (χ1) is 8.70. The molecule has 0 amide bonds. The second-order valence-electron chi connectivity index (χ2n) is 4.16. The first-order valence-corrected chi connectivity index (χ1v) is 8.55. The van der Waals surface area contributed by atoms with E-state index in [9.17, 15) is 26.4 Å². The zero-order valence-electron chi connectivity index (χ0n) is 9.54. The van der Waals surface area contributed by atoms with Crippen LogP contribution in [0.2, 0.25) is 0 Å². The topological polar surface area (TPSA) is 146 Å². The van der Waals surface area contributed by atoms with Gasteiger partial charge in [-0.1, -0.05) is 0 Å². The zero-order chi connectivity index (χ0) is 14.3. The maximum atomic E-state index is 11.9. The summed E-state index contributed by atoms with van der Waals surface area (Å²) in [5.41, 5.74) is -1.88. The van der Waals surface area contributed by atoms with Crippen molar-refractivity contribution in [3.8, 4) is 0 Å². The average Bonchev–Trinajstić information content (AvgIpc) is 2.56. The van der Waals surface area contributed by atoms with Gasteiger partial charge >= 0.3 is 5.69 Å². The summed E-state index contributed by atoms with van der Waals surface area (Å²) in [7, 11) is -7.41. The van der Waals surface area contributed by atoms with Crippen LogP contribution in [0.3, 0.4) is 0 Å². The molecule has 1 fully saturated rings. The van der Waals surface area contributed by atoms with E-state index in [0.29, 0.717) is 0 Å². The van der Waals surface area contributed by atoms with Gasteiger partial charge in [0.05, 0.1) is 11.5 Å². The van der Waals surface area contributed by atoms with Crippen LogP contribution in [-0.4, -0.2) is 44.4 Å². The lowest BCUT2D eigenvalue weighted by Crippen LogP contribution is -2.39. The Morgan fingerprint density at radius 1 is 1.32 bits per heavy atom. The first kappa shape index (κ1) is 14.0. The first-order valence-electron chi connectivity index (χ1n) is 5.24. The van der Waals surface area contributed by atoms with Crippen molar-refractivity contribution < 1.29 is 16.8 Å². The molecule has 2 heterocycles. The SMILES string of the molecule is O=c1[nH]cc(S(=O)(=O)NC2CCS(=O)(=O)C2)c(=O)[nH]1. The third-order valence-electron chi connectivity index (χ3n) is 2.63. The van der Waals surface area contributed by atoms with Crippen molar-refractivity contribution in [2.45, 2.75) is 17.4 Å². The maximum absolute atomic E-state index is 11.9. The molecule has 11 heteroatoms. The highest BCUT2D eigenvalue weighted by Gasteiger charge is 2.32. The molecule has 1 aliphatic rings. The van der Waals surface area contributed by atoms with Gasteiger partial charge in [0.1, 0.15) is 0 Å². The summed E-state index contributed by atoms with van der Waals surface area (Å²) >= 11 is 0.